The maximum absolute atomic E-state index is 12.1. The summed E-state index contributed by atoms with van der Waals surface area (Å²) in [7, 11) is 0. The molecule has 0 spiro atoms. The van der Waals surface area contributed by atoms with Crippen LogP contribution < -0.4 is 11.5 Å². The van der Waals surface area contributed by atoms with Gasteiger partial charge in [0.25, 0.3) is 0 Å². The molecule has 0 aliphatic heterocycles. The minimum absolute atomic E-state index is 0.203. The molecule has 0 aliphatic carbocycles. The third-order valence-corrected chi connectivity index (χ3v) is 4.69. The zero-order chi connectivity index (χ0) is 18.0. The summed E-state index contributed by atoms with van der Waals surface area (Å²) in [6.07, 6.45) is -0.557. The number of carbonyl (C=O) groups is 4. The monoisotopic (exact) mass is 413 g/mol. The number of thioether (sulfide) groups is 1. The molecule has 2 amide bonds. The fourth-order valence-corrected chi connectivity index (χ4v) is 2.86. The number of halogens is 1. The Bertz CT molecular complexity index is 451. The Kier molecular flexibility index (Phi) is 10.8. The molecule has 0 heterocycles. The Morgan fingerprint density at radius 1 is 1.13 bits per heavy atom. The predicted molar refractivity (Wildman–Crippen MR) is 88.3 cm³/mol. The standard InChI is InChI=1S/C12H20BrN3O6S/c13-3-4-23-6-8(15)11(20)16(5-10(18)19)9(17)2-1-7(14)12(21)22/h7-8H,1-6,14-15H2,(H,18,19)(H,21,22)/t7-,8-/m0/s1. The molecule has 0 rings (SSSR count). The van der Waals surface area contributed by atoms with Crippen LogP contribution in [0.4, 0.5) is 0 Å². The zero-order valence-corrected chi connectivity index (χ0v) is 14.7. The Hall–Kier alpha value is -1.17. The highest BCUT2D eigenvalue weighted by molar-refractivity contribution is 9.09. The molecule has 6 N–H and O–H groups in total. The molecule has 23 heavy (non-hydrogen) atoms. The summed E-state index contributed by atoms with van der Waals surface area (Å²) in [5, 5.41) is 18.2. The Labute approximate surface area is 145 Å². The Morgan fingerprint density at radius 3 is 2.22 bits per heavy atom. The van der Waals surface area contributed by atoms with Gasteiger partial charge in [-0.25, -0.2) is 0 Å². The van der Waals surface area contributed by atoms with Gasteiger partial charge in [0.05, 0.1) is 6.04 Å². The SMILES string of the molecule is N[C@@H](CCC(=O)N(CC(=O)O)C(=O)[C@@H](N)CSCCBr)C(=O)O. The number of aliphatic carboxylic acids is 2. The minimum Gasteiger partial charge on any atom is -0.480 e. The van der Waals surface area contributed by atoms with Gasteiger partial charge in [-0.3, -0.25) is 24.1 Å². The van der Waals surface area contributed by atoms with Gasteiger partial charge < -0.3 is 21.7 Å². The molecular weight excluding hydrogens is 394 g/mol. The molecule has 2 atom stereocenters. The van der Waals surface area contributed by atoms with Crippen LogP contribution in [-0.4, -0.2) is 74.3 Å². The zero-order valence-electron chi connectivity index (χ0n) is 12.3. The van der Waals surface area contributed by atoms with E-state index in [0.29, 0.717) is 16.0 Å². The van der Waals surface area contributed by atoms with Crippen molar-refractivity contribution in [2.75, 3.05) is 23.4 Å². The van der Waals surface area contributed by atoms with Gasteiger partial charge in [0, 0.05) is 23.3 Å². The van der Waals surface area contributed by atoms with Crippen molar-refractivity contribution in [3.8, 4) is 0 Å². The van der Waals surface area contributed by atoms with Gasteiger partial charge in [-0.15, -0.1) is 0 Å². The maximum Gasteiger partial charge on any atom is 0.323 e. The van der Waals surface area contributed by atoms with Crippen LogP contribution in [0.25, 0.3) is 0 Å². The number of carboxylic acid groups (broad SMARTS) is 2. The highest BCUT2D eigenvalue weighted by atomic mass is 79.9. The molecule has 0 radical (unpaired) electrons. The lowest BCUT2D eigenvalue weighted by molar-refractivity contribution is -0.153. The number of alkyl halides is 1. The quantitative estimate of drug-likeness (QED) is 0.247. The van der Waals surface area contributed by atoms with Gasteiger partial charge in [0.15, 0.2) is 0 Å². The van der Waals surface area contributed by atoms with Crippen molar-refractivity contribution in [1.29, 1.82) is 0 Å². The topological polar surface area (TPSA) is 164 Å². The second-order valence-electron chi connectivity index (χ2n) is 4.57. The van der Waals surface area contributed by atoms with Crippen molar-refractivity contribution in [2.45, 2.75) is 24.9 Å². The van der Waals surface area contributed by atoms with E-state index in [2.05, 4.69) is 15.9 Å². The highest BCUT2D eigenvalue weighted by Gasteiger charge is 2.28. The summed E-state index contributed by atoms with van der Waals surface area (Å²) < 4.78 is 0. The third kappa shape index (κ3) is 8.89. The molecule has 0 saturated carbocycles. The number of nitrogens with zero attached hydrogens (tertiary/aromatic N) is 1. The summed E-state index contributed by atoms with van der Waals surface area (Å²) in [4.78, 5) is 46.1. The van der Waals surface area contributed by atoms with E-state index in [9.17, 15) is 19.2 Å². The number of imide groups is 1. The van der Waals surface area contributed by atoms with Gasteiger partial charge in [-0.2, -0.15) is 11.8 Å². The number of carbonyl (C=O) groups excluding carboxylic acids is 2. The lowest BCUT2D eigenvalue weighted by atomic mass is 10.1. The van der Waals surface area contributed by atoms with Crippen LogP contribution in [0.2, 0.25) is 0 Å². The number of hydrogen-bond donors (Lipinski definition) is 4. The normalized spacial score (nSPS) is 13.2. The third-order valence-electron chi connectivity index (χ3n) is 2.68. The first-order valence-corrected chi connectivity index (χ1v) is 8.92. The van der Waals surface area contributed by atoms with Crippen LogP contribution in [0.3, 0.4) is 0 Å². The van der Waals surface area contributed by atoms with E-state index in [1.807, 2.05) is 0 Å². The van der Waals surface area contributed by atoms with Crippen LogP contribution in [0.5, 0.6) is 0 Å². The predicted octanol–water partition coefficient (Wildman–Crippen LogP) is -0.926. The second-order valence-corrected chi connectivity index (χ2v) is 6.51. The van der Waals surface area contributed by atoms with Crippen LogP contribution >= 0.6 is 27.7 Å². The molecular formula is C12H20BrN3O6S. The van der Waals surface area contributed by atoms with Crippen LogP contribution in [0.15, 0.2) is 0 Å². The molecule has 0 aromatic carbocycles. The maximum atomic E-state index is 12.1. The largest absolute Gasteiger partial charge is 0.480 e. The number of amides is 2. The van der Waals surface area contributed by atoms with Crippen molar-refractivity contribution in [3.63, 3.8) is 0 Å². The minimum atomic E-state index is -1.37. The average molecular weight is 414 g/mol. The highest BCUT2D eigenvalue weighted by Crippen LogP contribution is 2.08. The number of hydrogen-bond acceptors (Lipinski definition) is 7. The van der Waals surface area contributed by atoms with Crippen molar-refractivity contribution < 1.29 is 29.4 Å². The van der Waals surface area contributed by atoms with Gasteiger partial charge in [0.2, 0.25) is 11.8 Å². The second kappa shape index (κ2) is 11.4. The molecule has 0 saturated heterocycles. The van der Waals surface area contributed by atoms with Crippen molar-refractivity contribution in [1.82, 2.24) is 4.90 Å². The molecule has 0 unspecified atom stereocenters. The van der Waals surface area contributed by atoms with Crippen molar-refractivity contribution in [3.05, 3.63) is 0 Å². The fourth-order valence-electron chi connectivity index (χ4n) is 1.50. The first-order valence-electron chi connectivity index (χ1n) is 6.64. The number of carboxylic acids is 2. The number of nitrogens with two attached hydrogens (primary N) is 2. The van der Waals surface area contributed by atoms with Crippen LogP contribution in [0.1, 0.15) is 12.8 Å². The van der Waals surface area contributed by atoms with Crippen molar-refractivity contribution in [2.24, 2.45) is 11.5 Å². The van der Waals surface area contributed by atoms with Crippen LogP contribution in [-0.2, 0) is 19.2 Å². The van der Waals surface area contributed by atoms with E-state index in [1.165, 1.54) is 11.8 Å². The molecule has 11 heteroatoms. The Balaban J connectivity index is 4.77. The molecule has 0 fully saturated rings. The van der Waals surface area contributed by atoms with Gasteiger partial charge in [-0.1, -0.05) is 15.9 Å². The molecule has 132 valence electrons. The molecule has 9 nitrogen and oxygen atoms in total. The van der Waals surface area contributed by atoms with E-state index < -0.39 is 42.4 Å². The summed E-state index contributed by atoms with van der Waals surface area (Å²) in [5.74, 6) is -3.31. The van der Waals surface area contributed by atoms with E-state index >= 15 is 0 Å². The van der Waals surface area contributed by atoms with Crippen LogP contribution in [0, 0.1) is 0 Å². The summed E-state index contributed by atoms with van der Waals surface area (Å²) in [6.45, 7) is -0.823. The van der Waals surface area contributed by atoms with E-state index in [0.717, 1.165) is 0 Å². The lowest BCUT2D eigenvalue weighted by Gasteiger charge is -2.22. The molecule has 0 aliphatic rings. The lowest BCUT2D eigenvalue weighted by Crippen LogP contribution is -2.50. The average Bonchev–Trinajstić information content (AvgIpc) is 2.48. The van der Waals surface area contributed by atoms with E-state index in [-0.39, 0.29) is 18.6 Å². The first kappa shape index (κ1) is 21.8. The molecule has 0 aromatic heterocycles. The van der Waals surface area contributed by atoms with Crippen molar-refractivity contribution >= 4 is 51.4 Å². The van der Waals surface area contributed by atoms with Gasteiger partial charge >= 0.3 is 11.9 Å². The van der Waals surface area contributed by atoms with Gasteiger partial charge in [0.1, 0.15) is 12.6 Å². The smallest absolute Gasteiger partial charge is 0.323 e. The van der Waals surface area contributed by atoms with Gasteiger partial charge in [-0.05, 0) is 6.42 Å². The Morgan fingerprint density at radius 2 is 1.74 bits per heavy atom. The van der Waals surface area contributed by atoms with E-state index in [4.69, 9.17) is 21.7 Å². The molecule has 0 bridgehead atoms. The summed E-state index contributed by atoms with van der Waals surface area (Å²) in [6, 6.07) is -2.28. The fraction of sp³-hybridized carbons (Fsp3) is 0.667. The summed E-state index contributed by atoms with van der Waals surface area (Å²) in [5.41, 5.74) is 11.0. The number of rotatable bonds is 11. The first-order chi connectivity index (χ1) is 10.7. The molecule has 0 aromatic rings. The summed E-state index contributed by atoms with van der Waals surface area (Å²) >= 11 is 4.60. The van der Waals surface area contributed by atoms with E-state index in [1.54, 1.807) is 0 Å².